The summed E-state index contributed by atoms with van der Waals surface area (Å²) in [5.41, 5.74) is 1.91. The molecule has 0 atom stereocenters. The molecule has 4 aromatic rings. The first kappa shape index (κ1) is 18.0. The molecule has 7 heteroatoms. The second-order valence-electron chi connectivity index (χ2n) is 6.60. The lowest BCUT2D eigenvalue weighted by Crippen LogP contribution is -2.08. The minimum atomic E-state index is -4.61. The van der Waals surface area contributed by atoms with Gasteiger partial charge in [0.25, 0.3) is 0 Å². The van der Waals surface area contributed by atoms with E-state index in [4.69, 9.17) is 0 Å². The molecule has 28 heavy (non-hydrogen) atoms. The van der Waals surface area contributed by atoms with Gasteiger partial charge in [-0.2, -0.15) is 22.8 Å². The molecule has 1 N–H and O–H groups in total. The molecule has 2 heterocycles. The lowest BCUT2D eigenvalue weighted by molar-refractivity contribution is -0.140. The van der Waals surface area contributed by atoms with Gasteiger partial charge < -0.3 is 5.32 Å². The van der Waals surface area contributed by atoms with E-state index in [1.54, 1.807) is 37.3 Å². The standard InChI is InChI=1S/C21H17F3N4/c1-13-8-10-15(11-9-13)18-19(21(22,23)24)27-28-17(12-14(2)25-20(18)28)26-16-6-4-3-5-7-16/h3-12,26H,1-2H3. The smallest absolute Gasteiger partial charge is 0.340 e. The van der Waals surface area contributed by atoms with Crippen molar-refractivity contribution in [3.63, 3.8) is 0 Å². The van der Waals surface area contributed by atoms with E-state index < -0.39 is 11.9 Å². The molecule has 4 rings (SSSR count). The normalized spacial score (nSPS) is 11.8. The summed E-state index contributed by atoms with van der Waals surface area (Å²) in [5, 5.41) is 7.02. The van der Waals surface area contributed by atoms with Crippen LogP contribution in [0.5, 0.6) is 0 Å². The zero-order valence-corrected chi connectivity index (χ0v) is 15.2. The molecule has 0 aliphatic heterocycles. The molecular formula is C21H17F3N4. The number of anilines is 2. The summed E-state index contributed by atoms with van der Waals surface area (Å²) < 4.78 is 42.6. The van der Waals surface area contributed by atoms with Gasteiger partial charge in [0.1, 0.15) is 5.82 Å². The van der Waals surface area contributed by atoms with Crippen LogP contribution in [0.4, 0.5) is 24.7 Å². The fraction of sp³-hybridized carbons (Fsp3) is 0.143. The van der Waals surface area contributed by atoms with Crippen LogP contribution in [0.15, 0.2) is 60.7 Å². The predicted octanol–water partition coefficient (Wildman–Crippen LogP) is 5.78. The number of para-hydroxylation sites is 1. The molecule has 0 fully saturated rings. The number of rotatable bonds is 3. The van der Waals surface area contributed by atoms with Crippen LogP contribution < -0.4 is 5.32 Å². The Balaban J connectivity index is 1.98. The molecular weight excluding hydrogens is 365 g/mol. The molecule has 0 unspecified atom stereocenters. The molecule has 0 spiro atoms. The Bertz CT molecular complexity index is 1130. The fourth-order valence-electron chi connectivity index (χ4n) is 3.08. The van der Waals surface area contributed by atoms with Gasteiger partial charge >= 0.3 is 6.18 Å². The first-order chi connectivity index (χ1) is 13.3. The molecule has 2 aromatic carbocycles. The van der Waals surface area contributed by atoms with Gasteiger partial charge in [0.2, 0.25) is 0 Å². The van der Waals surface area contributed by atoms with Crippen LogP contribution in [0, 0.1) is 13.8 Å². The Morgan fingerprint density at radius 3 is 2.25 bits per heavy atom. The zero-order chi connectivity index (χ0) is 19.9. The molecule has 0 aliphatic carbocycles. The Hall–Kier alpha value is -3.35. The van der Waals surface area contributed by atoms with Crippen molar-refractivity contribution >= 4 is 17.2 Å². The number of hydrogen-bond donors (Lipinski definition) is 1. The van der Waals surface area contributed by atoms with E-state index in [-0.39, 0.29) is 11.2 Å². The SMILES string of the molecule is Cc1ccc(-c2c(C(F)(F)F)nn3c(Nc4ccccc4)cc(C)nc23)cc1. The lowest BCUT2D eigenvalue weighted by atomic mass is 10.0. The maximum absolute atomic E-state index is 13.8. The van der Waals surface area contributed by atoms with Crippen LogP contribution in [0.2, 0.25) is 0 Å². The van der Waals surface area contributed by atoms with Crippen molar-refractivity contribution in [1.82, 2.24) is 14.6 Å². The molecule has 0 radical (unpaired) electrons. The van der Waals surface area contributed by atoms with Gasteiger partial charge in [0.15, 0.2) is 11.3 Å². The highest BCUT2D eigenvalue weighted by atomic mass is 19.4. The molecule has 142 valence electrons. The van der Waals surface area contributed by atoms with Crippen LogP contribution in [-0.2, 0) is 6.18 Å². The average Bonchev–Trinajstić information content (AvgIpc) is 3.03. The average molecular weight is 382 g/mol. The van der Waals surface area contributed by atoms with Gasteiger partial charge in [-0.15, -0.1) is 0 Å². The van der Waals surface area contributed by atoms with Crippen molar-refractivity contribution in [1.29, 1.82) is 0 Å². The highest BCUT2D eigenvalue weighted by Crippen LogP contribution is 2.39. The van der Waals surface area contributed by atoms with E-state index in [1.807, 2.05) is 37.3 Å². The van der Waals surface area contributed by atoms with Crippen LogP contribution in [-0.4, -0.2) is 14.6 Å². The predicted molar refractivity (Wildman–Crippen MR) is 103 cm³/mol. The maximum atomic E-state index is 13.8. The van der Waals surface area contributed by atoms with Crippen LogP contribution in [0.25, 0.3) is 16.8 Å². The second kappa shape index (κ2) is 6.67. The van der Waals surface area contributed by atoms with Crippen molar-refractivity contribution < 1.29 is 13.2 Å². The summed E-state index contributed by atoms with van der Waals surface area (Å²) in [6.45, 7) is 3.63. The lowest BCUT2D eigenvalue weighted by Gasteiger charge is -2.09. The number of aromatic nitrogens is 3. The summed E-state index contributed by atoms with van der Waals surface area (Å²) in [7, 11) is 0. The molecule has 0 bridgehead atoms. The van der Waals surface area contributed by atoms with Gasteiger partial charge in [-0.1, -0.05) is 48.0 Å². The van der Waals surface area contributed by atoms with Gasteiger partial charge in [-0.25, -0.2) is 4.98 Å². The number of hydrogen-bond acceptors (Lipinski definition) is 3. The number of fused-ring (bicyclic) bond motifs is 1. The van der Waals surface area contributed by atoms with E-state index >= 15 is 0 Å². The Morgan fingerprint density at radius 1 is 0.929 bits per heavy atom. The quantitative estimate of drug-likeness (QED) is 0.489. The molecule has 0 aliphatic rings. The minimum absolute atomic E-state index is 0.0210. The Kier molecular flexibility index (Phi) is 4.30. The first-order valence-corrected chi connectivity index (χ1v) is 8.69. The Morgan fingerprint density at radius 2 is 1.61 bits per heavy atom. The van der Waals surface area contributed by atoms with Crippen LogP contribution in [0.1, 0.15) is 17.0 Å². The van der Waals surface area contributed by atoms with Crippen molar-refractivity contribution in [3.8, 4) is 11.1 Å². The zero-order valence-electron chi connectivity index (χ0n) is 15.2. The third-order valence-electron chi connectivity index (χ3n) is 4.37. The number of aryl methyl sites for hydroxylation is 2. The number of benzene rings is 2. The molecule has 4 nitrogen and oxygen atoms in total. The third-order valence-corrected chi connectivity index (χ3v) is 4.37. The Labute approximate surface area is 159 Å². The van der Waals surface area contributed by atoms with Crippen molar-refractivity contribution in [3.05, 3.63) is 77.6 Å². The molecule has 0 saturated carbocycles. The van der Waals surface area contributed by atoms with Gasteiger partial charge in [0, 0.05) is 17.4 Å². The highest BCUT2D eigenvalue weighted by molar-refractivity contribution is 5.82. The maximum Gasteiger partial charge on any atom is 0.435 e. The molecule has 2 aromatic heterocycles. The van der Waals surface area contributed by atoms with Crippen molar-refractivity contribution in [2.75, 3.05) is 5.32 Å². The van der Waals surface area contributed by atoms with Crippen LogP contribution >= 0.6 is 0 Å². The van der Waals surface area contributed by atoms with Crippen LogP contribution in [0.3, 0.4) is 0 Å². The number of halogens is 3. The van der Waals surface area contributed by atoms with Gasteiger partial charge in [0.05, 0.1) is 5.56 Å². The highest BCUT2D eigenvalue weighted by Gasteiger charge is 2.39. The van der Waals surface area contributed by atoms with E-state index in [1.165, 1.54) is 4.52 Å². The van der Waals surface area contributed by atoms with Crippen molar-refractivity contribution in [2.45, 2.75) is 20.0 Å². The van der Waals surface area contributed by atoms with E-state index in [9.17, 15) is 13.2 Å². The van der Waals surface area contributed by atoms with Crippen molar-refractivity contribution in [2.24, 2.45) is 0 Å². The van der Waals surface area contributed by atoms with E-state index in [0.717, 1.165) is 11.3 Å². The summed E-state index contributed by atoms with van der Waals surface area (Å²) in [6, 6.07) is 17.8. The second-order valence-corrected chi connectivity index (χ2v) is 6.60. The summed E-state index contributed by atoms with van der Waals surface area (Å²) in [4.78, 5) is 4.37. The monoisotopic (exact) mass is 382 g/mol. The number of nitrogens with one attached hydrogen (secondary N) is 1. The van der Waals surface area contributed by atoms with Gasteiger partial charge in [-0.05, 0) is 31.5 Å². The van der Waals surface area contributed by atoms with E-state index in [2.05, 4.69) is 15.4 Å². The summed E-state index contributed by atoms with van der Waals surface area (Å²) in [5.74, 6) is 0.414. The molecule has 0 amide bonds. The summed E-state index contributed by atoms with van der Waals surface area (Å²) >= 11 is 0. The minimum Gasteiger partial charge on any atom is -0.340 e. The topological polar surface area (TPSA) is 42.2 Å². The summed E-state index contributed by atoms with van der Waals surface area (Å²) in [6.07, 6.45) is -4.61. The molecule has 0 saturated heterocycles. The third kappa shape index (κ3) is 3.31. The number of alkyl halides is 3. The number of nitrogens with zero attached hydrogens (tertiary/aromatic N) is 3. The van der Waals surface area contributed by atoms with E-state index in [0.29, 0.717) is 17.1 Å². The first-order valence-electron chi connectivity index (χ1n) is 8.69. The van der Waals surface area contributed by atoms with Gasteiger partial charge in [-0.3, -0.25) is 0 Å². The fourth-order valence-corrected chi connectivity index (χ4v) is 3.08. The largest absolute Gasteiger partial charge is 0.435 e.